The highest BCUT2D eigenvalue weighted by Gasteiger charge is 2.26. The van der Waals surface area contributed by atoms with Crippen LogP contribution in [0.4, 0.5) is 0 Å². The highest BCUT2D eigenvalue weighted by molar-refractivity contribution is 5.90. The molecule has 1 N–H and O–H groups in total. The first-order valence-electron chi connectivity index (χ1n) is 6.60. The number of rotatable bonds is 5. The molecule has 6 heteroatoms. The quantitative estimate of drug-likeness (QED) is 0.914. The van der Waals surface area contributed by atoms with Crippen molar-refractivity contribution in [1.29, 1.82) is 0 Å². The maximum absolute atomic E-state index is 11.3. The van der Waals surface area contributed by atoms with Crippen molar-refractivity contribution in [2.24, 2.45) is 0 Å². The van der Waals surface area contributed by atoms with Gasteiger partial charge < -0.3 is 19.3 Å². The van der Waals surface area contributed by atoms with Crippen LogP contribution in [-0.4, -0.2) is 22.9 Å². The zero-order valence-corrected chi connectivity index (χ0v) is 11.5. The Morgan fingerprint density at radius 3 is 2.73 bits per heavy atom. The number of carboxylic acid groups (broad SMARTS) is 1. The van der Waals surface area contributed by atoms with Crippen LogP contribution < -0.4 is 4.74 Å². The Balaban J connectivity index is 1.96. The summed E-state index contributed by atoms with van der Waals surface area (Å²) in [4.78, 5) is 15.3. The molecule has 1 aromatic carbocycles. The van der Waals surface area contributed by atoms with Gasteiger partial charge in [0.05, 0.1) is 0 Å². The van der Waals surface area contributed by atoms with Crippen LogP contribution in [0.1, 0.15) is 22.0 Å². The lowest BCUT2D eigenvalue weighted by atomic mass is 10.1. The molecular formula is C16H13NO5. The molecule has 2 aromatic rings. The molecule has 2 heterocycles. The third-order valence-corrected chi connectivity index (χ3v) is 3.08. The fraction of sp³-hybridized carbons (Fsp3) is 0.125. The van der Waals surface area contributed by atoms with Crippen molar-refractivity contribution in [2.75, 3.05) is 6.79 Å². The predicted molar refractivity (Wildman–Crippen MR) is 76.1 cm³/mol. The molecule has 0 spiro atoms. The van der Waals surface area contributed by atoms with Crippen LogP contribution in [0.15, 0.2) is 60.7 Å². The number of hydrogen-bond acceptors (Lipinski definition) is 5. The Kier molecular flexibility index (Phi) is 3.91. The lowest BCUT2D eigenvalue weighted by Crippen LogP contribution is -2.14. The standard InChI is InChI=1S/C16H13NO5/c18-16(19)12-7-4-8-17-15(12)22-14(13-9-20-10-21-13)11-5-2-1-3-6-11/h1-9,14H,10H2,(H,18,19). The third kappa shape index (κ3) is 2.85. The Morgan fingerprint density at radius 1 is 1.23 bits per heavy atom. The summed E-state index contributed by atoms with van der Waals surface area (Å²) in [7, 11) is 0. The molecule has 1 aliphatic heterocycles. The summed E-state index contributed by atoms with van der Waals surface area (Å²) in [5.74, 6) is -0.610. The highest BCUT2D eigenvalue weighted by Crippen LogP contribution is 2.31. The van der Waals surface area contributed by atoms with E-state index in [1.54, 1.807) is 6.07 Å². The minimum Gasteiger partial charge on any atom is -0.477 e. The smallest absolute Gasteiger partial charge is 0.341 e. The molecule has 0 saturated carbocycles. The van der Waals surface area contributed by atoms with Crippen LogP contribution in [0.2, 0.25) is 0 Å². The zero-order chi connectivity index (χ0) is 15.4. The van der Waals surface area contributed by atoms with Crippen molar-refractivity contribution >= 4 is 5.97 Å². The van der Waals surface area contributed by atoms with E-state index in [1.807, 2.05) is 30.3 Å². The number of aromatic nitrogens is 1. The molecule has 112 valence electrons. The van der Waals surface area contributed by atoms with Crippen LogP contribution in [0.25, 0.3) is 0 Å². The molecule has 1 aromatic heterocycles. The maximum atomic E-state index is 11.3. The fourth-order valence-electron chi connectivity index (χ4n) is 2.07. The second-order valence-electron chi connectivity index (χ2n) is 4.52. The average molecular weight is 299 g/mol. The maximum Gasteiger partial charge on any atom is 0.341 e. The van der Waals surface area contributed by atoms with Gasteiger partial charge in [-0.25, -0.2) is 9.78 Å². The molecule has 0 radical (unpaired) electrons. The number of nitrogens with zero attached hydrogens (tertiary/aromatic N) is 1. The average Bonchev–Trinajstić information content (AvgIpc) is 3.08. The summed E-state index contributed by atoms with van der Waals surface area (Å²) in [6.07, 6.45) is 2.31. The number of aromatic carboxylic acids is 1. The topological polar surface area (TPSA) is 77.9 Å². The van der Waals surface area contributed by atoms with Gasteiger partial charge in [-0.2, -0.15) is 0 Å². The van der Waals surface area contributed by atoms with Crippen LogP contribution >= 0.6 is 0 Å². The van der Waals surface area contributed by atoms with Gasteiger partial charge in [-0.05, 0) is 12.1 Å². The normalized spacial score (nSPS) is 14.5. The Hall–Kier alpha value is -3.02. The lowest BCUT2D eigenvalue weighted by molar-refractivity contribution is 0.0531. The van der Waals surface area contributed by atoms with Gasteiger partial charge in [0.15, 0.2) is 11.9 Å². The van der Waals surface area contributed by atoms with E-state index in [-0.39, 0.29) is 18.2 Å². The van der Waals surface area contributed by atoms with E-state index in [2.05, 4.69) is 4.98 Å². The summed E-state index contributed by atoms with van der Waals surface area (Å²) < 4.78 is 16.3. The molecule has 1 aliphatic rings. The van der Waals surface area contributed by atoms with E-state index in [1.165, 1.54) is 18.5 Å². The first kappa shape index (κ1) is 13.9. The van der Waals surface area contributed by atoms with Crippen molar-refractivity contribution in [3.8, 4) is 5.88 Å². The van der Waals surface area contributed by atoms with Crippen LogP contribution in [0.5, 0.6) is 5.88 Å². The monoisotopic (exact) mass is 299 g/mol. The third-order valence-electron chi connectivity index (χ3n) is 3.08. The SMILES string of the molecule is O=C(O)c1cccnc1OC(C1=COCO1)c1ccccc1. The molecule has 22 heavy (non-hydrogen) atoms. The molecule has 0 aliphatic carbocycles. The summed E-state index contributed by atoms with van der Waals surface area (Å²) in [6, 6.07) is 12.3. The molecule has 1 atom stereocenters. The number of ether oxygens (including phenoxy) is 3. The van der Waals surface area contributed by atoms with Crippen LogP contribution in [-0.2, 0) is 9.47 Å². The molecule has 0 saturated heterocycles. The van der Waals surface area contributed by atoms with E-state index in [4.69, 9.17) is 14.2 Å². The number of benzene rings is 1. The number of pyridine rings is 1. The Bertz CT molecular complexity index is 699. The van der Waals surface area contributed by atoms with Gasteiger partial charge in [-0.3, -0.25) is 0 Å². The molecule has 0 amide bonds. The predicted octanol–water partition coefficient (Wildman–Crippen LogP) is 2.75. The van der Waals surface area contributed by atoms with E-state index in [9.17, 15) is 9.90 Å². The fourth-order valence-corrected chi connectivity index (χ4v) is 2.07. The highest BCUT2D eigenvalue weighted by atomic mass is 16.7. The molecule has 0 bridgehead atoms. The van der Waals surface area contributed by atoms with Gasteiger partial charge in [0.2, 0.25) is 12.7 Å². The zero-order valence-electron chi connectivity index (χ0n) is 11.5. The minimum absolute atomic E-state index is 0.0112. The second kappa shape index (κ2) is 6.17. The van der Waals surface area contributed by atoms with E-state index in [0.717, 1.165) is 5.56 Å². The summed E-state index contributed by atoms with van der Waals surface area (Å²) in [5, 5.41) is 9.22. The lowest BCUT2D eigenvalue weighted by Gasteiger charge is -2.19. The molecule has 3 rings (SSSR count). The van der Waals surface area contributed by atoms with Gasteiger partial charge in [0.25, 0.3) is 0 Å². The van der Waals surface area contributed by atoms with Crippen molar-refractivity contribution in [1.82, 2.24) is 4.98 Å². The van der Waals surface area contributed by atoms with Crippen molar-refractivity contribution in [3.63, 3.8) is 0 Å². The van der Waals surface area contributed by atoms with Gasteiger partial charge >= 0.3 is 5.97 Å². The summed E-state index contributed by atoms with van der Waals surface area (Å²) >= 11 is 0. The Morgan fingerprint density at radius 2 is 2.05 bits per heavy atom. The number of hydrogen-bond donors (Lipinski definition) is 1. The van der Waals surface area contributed by atoms with Gasteiger partial charge in [0, 0.05) is 11.8 Å². The van der Waals surface area contributed by atoms with Crippen molar-refractivity contribution in [2.45, 2.75) is 6.10 Å². The van der Waals surface area contributed by atoms with Gasteiger partial charge in [-0.15, -0.1) is 0 Å². The van der Waals surface area contributed by atoms with Gasteiger partial charge in [0.1, 0.15) is 11.8 Å². The second-order valence-corrected chi connectivity index (χ2v) is 4.52. The number of carboxylic acids is 1. The first-order valence-corrected chi connectivity index (χ1v) is 6.60. The Labute approximate surface area is 126 Å². The minimum atomic E-state index is -1.10. The largest absolute Gasteiger partial charge is 0.477 e. The summed E-state index contributed by atoms with van der Waals surface area (Å²) in [5.41, 5.74) is 0.796. The summed E-state index contributed by atoms with van der Waals surface area (Å²) in [6.45, 7) is 0.107. The molecule has 6 nitrogen and oxygen atoms in total. The van der Waals surface area contributed by atoms with E-state index >= 15 is 0 Å². The van der Waals surface area contributed by atoms with Crippen molar-refractivity contribution in [3.05, 3.63) is 71.8 Å². The number of carbonyl (C=O) groups is 1. The molecule has 1 unspecified atom stereocenters. The van der Waals surface area contributed by atoms with Gasteiger partial charge in [-0.1, -0.05) is 30.3 Å². The van der Waals surface area contributed by atoms with Crippen molar-refractivity contribution < 1.29 is 24.1 Å². The van der Waals surface area contributed by atoms with E-state index < -0.39 is 12.1 Å². The van der Waals surface area contributed by atoms with Crippen LogP contribution in [0, 0.1) is 0 Å². The van der Waals surface area contributed by atoms with Crippen LogP contribution in [0.3, 0.4) is 0 Å². The van der Waals surface area contributed by atoms with E-state index in [0.29, 0.717) is 5.76 Å². The molecule has 0 fully saturated rings. The molecular weight excluding hydrogens is 286 g/mol. The first-order chi connectivity index (χ1) is 10.8.